The first-order valence-corrected chi connectivity index (χ1v) is 5.25. The van der Waals surface area contributed by atoms with Crippen LogP contribution in [-0.4, -0.2) is 10.1 Å². The van der Waals surface area contributed by atoms with Crippen LogP contribution in [0.2, 0.25) is 0 Å². The second-order valence-electron chi connectivity index (χ2n) is 2.92. The van der Waals surface area contributed by atoms with Crippen LogP contribution in [0.15, 0.2) is 22.0 Å². The largest absolute Gasteiger partial charge is 0.338 e. The lowest BCUT2D eigenvalue weighted by molar-refractivity contribution is 0.364. The van der Waals surface area contributed by atoms with Crippen LogP contribution in [0, 0.1) is 6.92 Å². The summed E-state index contributed by atoms with van der Waals surface area (Å²) in [6.45, 7) is 3.28. The second kappa shape index (κ2) is 4.34. The third-order valence-corrected chi connectivity index (χ3v) is 2.60. The number of aromatic nitrogens is 2. The van der Waals surface area contributed by atoms with E-state index < -0.39 is 0 Å². The molecule has 0 aliphatic heterocycles. The van der Waals surface area contributed by atoms with Crippen molar-refractivity contribution in [3.63, 3.8) is 0 Å². The molecule has 5 heteroatoms. The van der Waals surface area contributed by atoms with Gasteiger partial charge < -0.3 is 9.84 Å². The highest BCUT2D eigenvalue weighted by Crippen LogP contribution is 2.07. The summed E-state index contributed by atoms with van der Waals surface area (Å²) in [5, 5.41) is 9.00. The van der Waals surface area contributed by atoms with Crippen molar-refractivity contribution in [1.82, 2.24) is 15.5 Å². The zero-order valence-corrected chi connectivity index (χ0v) is 8.67. The molecule has 0 radical (unpaired) electrons. The van der Waals surface area contributed by atoms with E-state index in [1.807, 2.05) is 13.0 Å². The summed E-state index contributed by atoms with van der Waals surface area (Å²) in [4.78, 5) is 5.40. The molecule has 2 aromatic rings. The maximum atomic E-state index is 4.96. The lowest BCUT2D eigenvalue weighted by atomic mass is 10.4. The minimum Gasteiger partial charge on any atom is -0.338 e. The number of hydrogen-bond acceptors (Lipinski definition) is 5. The van der Waals surface area contributed by atoms with Gasteiger partial charge in [-0.3, -0.25) is 0 Å². The minimum atomic E-state index is 0.624. The minimum absolute atomic E-state index is 0.624. The van der Waals surface area contributed by atoms with Gasteiger partial charge in [-0.25, -0.2) is 0 Å². The molecule has 0 spiro atoms. The van der Waals surface area contributed by atoms with Gasteiger partial charge in [0.25, 0.3) is 0 Å². The summed E-state index contributed by atoms with van der Waals surface area (Å²) in [7, 11) is 0. The monoisotopic (exact) mass is 209 g/mol. The Morgan fingerprint density at radius 3 is 3.07 bits per heavy atom. The lowest BCUT2D eigenvalue weighted by Gasteiger charge is -1.97. The standard InChI is InChI=1S/C9H11N3OS/c1-7-11-9(13-12-7)6-10-5-8-3-2-4-14-8/h2-4,10H,5-6H2,1H3. The quantitative estimate of drug-likeness (QED) is 0.833. The van der Waals surface area contributed by atoms with Crippen molar-refractivity contribution in [2.45, 2.75) is 20.0 Å². The highest BCUT2D eigenvalue weighted by atomic mass is 32.1. The fourth-order valence-electron chi connectivity index (χ4n) is 1.12. The maximum absolute atomic E-state index is 4.96. The van der Waals surface area contributed by atoms with Crippen LogP contribution in [0.4, 0.5) is 0 Å². The van der Waals surface area contributed by atoms with E-state index in [1.165, 1.54) is 4.88 Å². The molecule has 0 saturated carbocycles. The van der Waals surface area contributed by atoms with E-state index in [2.05, 4.69) is 26.9 Å². The number of thiophene rings is 1. The van der Waals surface area contributed by atoms with Gasteiger partial charge in [-0.1, -0.05) is 11.2 Å². The Hall–Kier alpha value is -1.20. The Labute approximate surface area is 86.0 Å². The summed E-state index contributed by atoms with van der Waals surface area (Å²) >= 11 is 1.73. The predicted molar refractivity (Wildman–Crippen MR) is 53.9 cm³/mol. The van der Waals surface area contributed by atoms with Gasteiger partial charge in [0, 0.05) is 11.4 Å². The fraction of sp³-hybridized carbons (Fsp3) is 0.333. The third kappa shape index (κ3) is 2.40. The number of nitrogens with one attached hydrogen (secondary N) is 1. The second-order valence-corrected chi connectivity index (χ2v) is 3.95. The average molecular weight is 209 g/mol. The molecule has 0 amide bonds. The Bertz CT molecular complexity index is 382. The number of hydrogen-bond donors (Lipinski definition) is 1. The van der Waals surface area contributed by atoms with Gasteiger partial charge in [0.05, 0.1) is 6.54 Å². The first-order valence-electron chi connectivity index (χ1n) is 4.37. The first-order chi connectivity index (χ1) is 6.84. The average Bonchev–Trinajstić information content (AvgIpc) is 2.77. The van der Waals surface area contributed by atoms with Gasteiger partial charge in [-0.2, -0.15) is 4.98 Å². The molecule has 0 aliphatic carbocycles. The van der Waals surface area contributed by atoms with Gasteiger partial charge >= 0.3 is 0 Å². The molecule has 2 aromatic heterocycles. The molecule has 2 rings (SSSR count). The SMILES string of the molecule is Cc1noc(CNCc2cccs2)n1. The maximum Gasteiger partial charge on any atom is 0.240 e. The molecule has 2 heterocycles. The normalized spacial score (nSPS) is 10.6. The molecule has 74 valence electrons. The van der Waals surface area contributed by atoms with E-state index in [1.54, 1.807) is 11.3 Å². The number of aryl methyl sites for hydroxylation is 1. The number of rotatable bonds is 4. The highest BCUT2D eigenvalue weighted by Gasteiger charge is 2.01. The molecule has 0 saturated heterocycles. The van der Waals surface area contributed by atoms with Gasteiger partial charge in [0.15, 0.2) is 5.82 Å². The molecular formula is C9H11N3OS. The van der Waals surface area contributed by atoms with Crippen LogP contribution < -0.4 is 5.32 Å². The van der Waals surface area contributed by atoms with E-state index in [9.17, 15) is 0 Å². The van der Waals surface area contributed by atoms with Crippen LogP contribution in [0.25, 0.3) is 0 Å². The summed E-state index contributed by atoms with van der Waals surface area (Å²) in [5.41, 5.74) is 0. The van der Waals surface area contributed by atoms with Gasteiger partial charge in [0.2, 0.25) is 5.89 Å². The van der Waals surface area contributed by atoms with E-state index >= 15 is 0 Å². The van der Waals surface area contributed by atoms with Crippen LogP contribution in [0.3, 0.4) is 0 Å². The molecule has 1 N–H and O–H groups in total. The molecule has 4 nitrogen and oxygen atoms in total. The molecular weight excluding hydrogens is 198 g/mol. The molecule has 0 fully saturated rings. The lowest BCUT2D eigenvalue weighted by Crippen LogP contribution is -2.11. The summed E-state index contributed by atoms with van der Waals surface area (Å²) < 4.78 is 4.96. The van der Waals surface area contributed by atoms with Crippen LogP contribution in [0.1, 0.15) is 16.6 Å². The summed E-state index contributed by atoms with van der Waals surface area (Å²) in [6, 6.07) is 4.13. The number of nitrogens with zero attached hydrogens (tertiary/aromatic N) is 2. The van der Waals surface area contributed by atoms with Crippen LogP contribution in [-0.2, 0) is 13.1 Å². The molecule has 0 aromatic carbocycles. The van der Waals surface area contributed by atoms with Crippen molar-refractivity contribution < 1.29 is 4.52 Å². The van der Waals surface area contributed by atoms with Crippen LogP contribution in [0.5, 0.6) is 0 Å². The summed E-state index contributed by atoms with van der Waals surface area (Å²) in [6.07, 6.45) is 0. The Morgan fingerprint density at radius 2 is 2.43 bits per heavy atom. The molecule has 0 aliphatic rings. The van der Waals surface area contributed by atoms with Crippen molar-refractivity contribution in [3.8, 4) is 0 Å². The molecule has 0 unspecified atom stereocenters. The van der Waals surface area contributed by atoms with E-state index in [0.717, 1.165) is 6.54 Å². The molecule has 0 atom stereocenters. The zero-order chi connectivity index (χ0) is 9.80. The van der Waals surface area contributed by atoms with Crippen molar-refractivity contribution in [2.24, 2.45) is 0 Å². The van der Waals surface area contributed by atoms with Gasteiger partial charge in [0.1, 0.15) is 0 Å². The van der Waals surface area contributed by atoms with Crippen molar-refractivity contribution in [1.29, 1.82) is 0 Å². The van der Waals surface area contributed by atoms with E-state index in [0.29, 0.717) is 18.3 Å². The van der Waals surface area contributed by atoms with E-state index in [-0.39, 0.29) is 0 Å². The zero-order valence-electron chi connectivity index (χ0n) is 7.86. The van der Waals surface area contributed by atoms with Gasteiger partial charge in [-0.15, -0.1) is 11.3 Å². The smallest absolute Gasteiger partial charge is 0.240 e. The third-order valence-electron chi connectivity index (χ3n) is 1.73. The fourth-order valence-corrected chi connectivity index (χ4v) is 1.79. The van der Waals surface area contributed by atoms with Crippen molar-refractivity contribution in [2.75, 3.05) is 0 Å². The first kappa shape index (κ1) is 9.36. The Morgan fingerprint density at radius 1 is 1.50 bits per heavy atom. The topological polar surface area (TPSA) is 51.0 Å². The Kier molecular flexibility index (Phi) is 2.90. The predicted octanol–water partition coefficient (Wildman–Crippen LogP) is 1.73. The Balaban J connectivity index is 1.78. The van der Waals surface area contributed by atoms with Gasteiger partial charge in [-0.05, 0) is 18.4 Å². The molecule has 0 bridgehead atoms. The van der Waals surface area contributed by atoms with Crippen LogP contribution >= 0.6 is 11.3 Å². The summed E-state index contributed by atoms with van der Waals surface area (Å²) in [5.74, 6) is 1.32. The molecule has 14 heavy (non-hydrogen) atoms. The van der Waals surface area contributed by atoms with Crippen molar-refractivity contribution >= 4 is 11.3 Å². The van der Waals surface area contributed by atoms with E-state index in [4.69, 9.17) is 4.52 Å². The van der Waals surface area contributed by atoms with Crippen molar-refractivity contribution in [3.05, 3.63) is 34.1 Å². The highest BCUT2D eigenvalue weighted by molar-refractivity contribution is 7.09.